The first-order valence-electron chi connectivity index (χ1n) is 8.23. The van der Waals surface area contributed by atoms with E-state index in [0.717, 1.165) is 5.56 Å². The van der Waals surface area contributed by atoms with Crippen molar-refractivity contribution >= 4 is 39.9 Å². The molecule has 0 aliphatic carbocycles. The third-order valence-electron chi connectivity index (χ3n) is 4.53. The molecule has 9 heteroatoms. The summed E-state index contributed by atoms with van der Waals surface area (Å²) in [4.78, 5) is 32.5. The van der Waals surface area contributed by atoms with Crippen molar-refractivity contribution in [3.05, 3.63) is 53.1 Å². The first-order valence-corrected chi connectivity index (χ1v) is 8.23. The molecule has 6 N–H and O–H groups in total. The molecule has 0 radical (unpaired) electrons. The summed E-state index contributed by atoms with van der Waals surface area (Å²) in [7, 11) is 0. The van der Waals surface area contributed by atoms with E-state index in [2.05, 4.69) is 9.97 Å². The summed E-state index contributed by atoms with van der Waals surface area (Å²) in [5.41, 5.74) is 13.6. The lowest BCUT2D eigenvalue weighted by Crippen LogP contribution is -2.14. The quantitative estimate of drug-likeness (QED) is 0.425. The number of nitrogens with zero attached hydrogens (tertiary/aromatic N) is 3. The van der Waals surface area contributed by atoms with Crippen molar-refractivity contribution < 1.29 is 19.8 Å². The van der Waals surface area contributed by atoms with Gasteiger partial charge in [-0.05, 0) is 30.7 Å². The Kier molecular flexibility index (Phi) is 3.67. The molecule has 140 valence electrons. The highest BCUT2D eigenvalue weighted by Gasteiger charge is 2.25. The van der Waals surface area contributed by atoms with E-state index in [9.17, 15) is 19.8 Å². The van der Waals surface area contributed by atoms with Gasteiger partial charge in [0, 0.05) is 6.07 Å². The Hall–Kier alpha value is -4.14. The van der Waals surface area contributed by atoms with Gasteiger partial charge in [0.2, 0.25) is 0 Å². The smallest absolute Gasteiger partial charge is 0.337 e. The van der Waals surface area contributed by atoms with Gasteiger partial charge >= 0.3 is 5.97 Å². The van der Waals surface area contributed by atoms with Gasteiger partial charge in [0.1, 0.15) is 28.2 Å². The molecule has 0 bridgehead atoms. The Morgan fingerprint density at radius 3 is 2.54 bits per heavy atom. The fourth-order valence-corrected chi connectivity index (χ4v) is 3.24. The second-order valence-corrected chi connectivity index (χ2v) is 6.30. The normalized spacial score (nSPS) is 11.2. The van der Waals surface area contributed by atoms with Crippen LogP contribution < -0.4 is 11.5 Å². The number of aryl methyl sites for hydroxylation is 1. The number of anilines is 1. The minimum atomic E-state index is -1.17. The Balaban J connectivity index is 2.21. The topological polar surface area (TPSA) is 157 Å². The van der Waals surface area contributed by atoms with Gasteiger partial charge in [-0.25, -0.2) is 14.8 Å². The van der Waals surface area contributed by atoms with Crippen molar-refractivity contribution in [2.75, 3.05) is 5.73 Å². The van der Waals surface area contributed by atoms with Crippen LogP contribution in [-0.4, -0.2) is 36.6 Å². The molecular formula is C19H15N5O4. The van der Waals surface area contributed by atoms with Crippen molar-refractivity contribution in [1.82, 2.24) is 14.5 Å². The summed E-state index contributed by atoms with van der Waals surface area (Å²) in [6, 6.07) is 9.26. The zero-order valence-corrected chi connectivity index (χ0v) is 14.7. The number of phenols is 1. The van der Waals surface area contributed by atoms with Crippen molar-refractivity contribution in [2.45, 2.75) is 6.92 Å². The molecule has 2 heterocycles. The number of aromatic carboxylic acids is 1. The van der Waals surface area contributed by atoms with Gasteiger partial charge in [0.15, 0.2) is 5.65 Å². The molecular weight excluding hydrogens is 362 g/mol. The first kappa shape index (κ1) is 17.3. The van der Waals surface area contributed by atoms with E-state index in [1.165, 1.54) is 22.8 Å². The van der Waals surface area contributed by atoms with E-state index < -0.39 is 11.9 Å². The van der Waals surface area contributed by atoms with E-state index >= 15 is 0 Å². The molecule has 1 amide bonds. The Morgan fingerprint density at radius 2 is 1.86 bits per heavy atom. The van der Waals surface area contributed by atoms with Gasteiger partial charge in [-0.15, -0.1) is 0 Å². The van der Waals surface area contributed by atoms with Crippen LogP contribution in [0.3, 0.4) is 0 Å². The number of nitrogens with two attached hydrogens (primary N) is 2. The number of fused-ring (bicyclic) bond motifs is 2. The Bertz CT molecular complexity index is 1310. The molecule has 0 atom stereocenters. The Labute approximate surface area is 157 Å². The molecule has 0 unspecified atom stereocenters. The van der Waals surface area contributed by atoms with Crippen LogP contribution in [-0.2, 0) is 0 Å². The number of rotatable bonds is 3. The minimum absolute atomic E-state index is 0.00313. The molecule has 4 rings (SSSR count). The number of para-hydroxylation sites is 1. The molecule has 0 spiro atoms. The molecule has 28 heavy (non-hydrogen) atoms. The van der Waals surface area contributed by atoms with E-state index in [4.69, 9.17) is 11.5 Å². The van der Waals surface area contributed by atoms with Crippen LogP contribution in [0.5, 0.6) is 5.75 Å². The number of carboxylic acid groups (broad SMARTS) is 1. The lowest BCUT2D eigenvalue weighted by molar-refractivity contribution is 0.0698. The Morgan fingerprint density at radius 1 is 1.11 bits per heavy atom. The van der Waals surface area contributed by atoms with E-state index in [0.29, 0.717) is 11.2 Å². The number of amides is 1. The van der Waals surface area contributed by atoms with Crippen LogP contribution in [0, 0.1) is 6.92 Å². The summed E-state index contributed by atoms with van der Waals surface area (Å²) < 4.78 is 1.48. The largest absolute Gasteiger partial charge is 0.508 e. The fourth-order valence-electron chi connectivity index (χ4n) is 3.24. The first-order chi connectivity index (χ1) is 13.3. The van der Waals surface area contributed by atoms with Crippen LogP contribution in [0.2, 0.25) is 0 Å². The number of hydrogen-bond acceptors (Lipinski definition) is 6. The molecule has 2 aromatic carbocycles. The number of nitrogen functional groups attached to an aromatic ring is 1. The number of hydrogen-bond donors (Lipinski definition) is 4. The monoisotopic (exact) mass is 377 g/mol. The average Bonchev–Trinajstić information content (AvgIpc) is 2.92. The fraction of sp³-hybridized carbons (Fsp3) is 0.0526. The standard InChI is InChI=1S/C19H15N5O4/c1-8-5-6-9(25)7-12(8)24-16(20)13(17(21)26)15-18(24)22-11-4-2-3-10(19(27)28)14(11)23-15/h2-7,25H,20H2,1H3,(H2,21,26)(H,27,28). The predicted molar refractivity (Wildman–Crippen MR) is 103 cm³/mol. The minimum Gasteiger partial charge on any atom is -0.508 e. The maximum absolute atomic E-state index is 12.1. The molecule has 0 aliphatic rings. The maximum atomic E-state index is 12.1. The number of carbonyl (C=O) groups excluding carboxylic acids is 1. The molecule has 0 saturated carbocycles. The summed E-state index contributed by atoms with van der Waals surface area (Å²) in [5.74, 6) is -1.98. The van der Waals surface area contributed by atoms with Crippen molar-refractivity contribution in [3.8, 4) is 11.4 Å². The van der Waals surface area contributed by atoms with Gasteiger partial charge in [-0.1, -0.05) is 12.1 Å². The number of carboxylic acids is 1. The number of aromatic hydroxyl groups is 1. The lowest BCUT2D eigenvalue weighted by Gasteiger charge is -2.11. The molecule has 0 saturated heterocycles. The number of aromatic nitrogens is 3. The van der Waals surface area contributed by atoms with Crippen LogP contribution in [0.15, 0.2) is 36.4 Å². The highest BCUT2D eigenvalue weighted by molar-refractivity contribution is 6.11. The summed E-state index contributed by atoms with van der Waals surface area (Å²) >= 11 is 0. The molecule has 2 aromatic heterocycles. The number of phenolic OH excluding ortho intramolecular Hbond substituents is 1. The predicted octanol–water partition coefficient (Wildman–Crippen LogP) is 1.97. The van der Waals surface area contributed by atoms with Crippen LogP contribution in [0.25, 0.3) is 27.9 Å². The van der Waals surface area contributed by atoms with Crippen molar-refractivity contribution in [3.63, 3.8) is 0 Å². The summed E-state index contributed by atoms with van der Waals surface area (Å²) in [5, 5.41) is 19.3. The van der Waals surface area contributed by atoms with Gasteiger partial charge in [-0.2, -0.15) is 0 Å². The SMILES string of the molecule is Cc1ccc(O)cc1-n1c(N)c(C(N)=O)c2nc3c(C(=O)O)cccc3nc21. The zero-order valence-electron chi connectivity index (χ0n) is 14.7. The molecule has 0 aliphatic heterocycles. The third-order valence-corrected chi connectivity index (χ3v) is 4.53. The molecule has 0 fully saturated rings. The molecule has 4 aromatic rings. The van der Waals surface area contributed by atoms with Gasteiger partial charge in [0.05, 0.1) is 16.8 Å². The van der Waals surface area contributed by atoms with E-state index in [-0.39, 0.29) is 39.4 Å². The van der Waals surface area contributed by atoms with Crippen molar-refractivity contribution in [2.24, 2.45) is 5.73 Å². The van der Waals surface area contributed by atoms with Gasteiger partial charge in [0.25, 0.3) is 5.91 Å². The second-order valence-electron chi connectivity index (χ2n) is 6.30. The maximum Gasteiger partial charge on any atom is 0.337 e. The van der Waals surface area contributed by atoms with Crippen LogP contribution in [0.1, 0.15) is 26.3 Å². The summed E-state index contributed by atoms with van der Waals surface area (Å²) in [6.45, 7) is 1.81. The zero-order chi connectivity index (χ0) is 20.2. The number of benzene rings is 2. The average molecular weight is 377 g/mol. The number of primary amides is 1. The number of carbonyl (C=O) groups is 2. The highest BCUT2D eigenvalue weighted by Crippen LogP contribution is 2.33. The second kappa shape index (κ2) is 5.95. The van der Waals surface area contributed by atoms with E-state index in [1.54, 1.807) is 25.1 Å². The summed E-state index contributed by atoms with van der Waals surface area (Å²) in [6.07, 6.45) is 0. The lowest BCUT2D eigenvalue weighted by atomic mass is 10.1. The van der Waals surface area contributed by atoms with Gasteiger partial charge < -0.3 is 21.7 Å². The third kappa shape index (κ3) is 2.41. The van der Waals surface area contributed by atoms with E-state index in [1.807, 2.05) is 0 Å². The van der Waals surface area contributed by atoms with Crippen molar-refractivity contribution in [1.29, 1.82) is 0 Å². The van der Waals surface area contributed by atoms with Gasteiger partial charge in [-0.3, -0.25) is 9.36 Å². The van der Waals surface area contributed by atoms with Crippen LogP contribution >= 0.6 is 0 Å². The van der Waals surface area contributed by atoms with Crippen LogP contribution in [0.4, 0.5) is 5.82 Å². The molecule has 9 nitrogen and oxygen atoms in total. The highest BCUT2D eigenvalue weighted by atomic mass is 16.4.